The average Bonchev–Trinajstić information content (AvgIpc) is 1.90. The largest absolute Gasteiger partial charge is 0.361 e. The van der Waals surface area contributed by atoms with Crippen LogP contribution in [0.4, 0.5) is 0 Å². The molecule has 0 saturated carbocycles. The van der Waals surface area contributed by atoms with Gasteiger partial charge in [-0.15, -0.1) is 5.59 Å². The van der Waals surface area contributed by atoms with Crippen molar-refractivity contribution in [1.82, 2.24) is 5.59 Å². The van der Waals surface area contributed by atoms with E-state index in [2.05, 4.69) is 15.5 Å². The SMILES string of the molecule is CC(=O)C1=CC=NNO1. The maximum absolute atomic E-state index is 10.5. The van der Waals surface area contributed by atoms with Gasteiger partial charge < -0.3 is 4.84 Å². The van der Waals surface area contributed by atoms with Gasteiger partial charge in [-0.05, 0) is 0 Å². The van der Waals surface area contributed by atoms with Crippen LogP contribution in [0, 0.1) is 0 Å². The molecule has 0 amide bonds. The van der Waals surface area contributed by atoms with Crippen molar-refractivity contribution in [2.45, 2.75) is 6.92 Å². The molecule has 1 heterocycles. The van der Waals surface area contributed by atoms with E-state index in [1.165, 1.54) is 19.2 Å². The van der Waals surface area contributed by atoms with E-state index >= 15 is 0 Å². The van der Waals surface area contributed by atoms with Crippen molar-refractivity contribution in [3.8, 4) is 0 Å². The summed E-state index contributed by atoms with van der Waals surface area (Å²) in [7, 11) is 0. The van der Waals surface area contributed by atoms with Crippen molar-refractivity contribution in [1.29, 1.82) is 0 Å². The second-order valence-electron chi connectivity index (χ2n) is 1.56. The van der Waals surface area contributed by atoms with Gasteiger partial charge in [0.2, 0.25) is 5.76 Å². The summed E-state index contributed by atoms with van der Waals surface area (Å²) in [6.07, 6.45) is 2.96. The Morgan fingerprint density at radius 3 is 3.00 bits per heavy atom. The van der Waals surface area contributed by atoms with Gasteiger partial charge >= 0.3 is 0 Å². The molecule has 9 heavy (non-hydrogen) atoms. The van der Waals surface area contributed by atoms with E-state index in [9.17, 15) is 4.79 Å². The fraction of sp³-hybridized carbons (Fsp3) is 0.200. The van der Waals surface area contributed by atoms with E-state index in [-0.39, 0.29) is 11.5 Å². The van der Waals surface area contributed by atoms with Gasteiger partial charge in [0.05, 0.1) is 6.21 Å². The summed E-state index contributed by atoms with van der Waals surface area (Å²) in [6, 6.07) is 0. The van der Waals surface area contributed by atoms with Crippen LogP contribution in [0.1, 0.15) is 6.92 Å². The summed E-state index contributed by atoms with van der Waals surface area (Å²) in [5, 5.41) is 3.48. The first-order valence-corrected chi connectivity index (χ1v) is 2.47. The molecule has 0 spiro atoms. The van der Waals surface area contributed by atoms with Crippen LogP contribution in [0.2, 0.25) is 0 Å². The van der Waals surface area contributed by atoms with Gasteiger partial charge in [-0.25, -0.2) is 0 Å². The van der Waals surface area contributed by atoms with Gasteiger partial charge in [-0.2, -0.15) is 5.10 Å². The van der Waals surface area contributed by atoms with Crippen molar-refractivity contribution < 1.29 is 9.63 Å². The number of nitrogens with one attached hydrogen (secondary N) is 1. The van der Waals surface area contributed by atoms with Crippen molar-refractivity contribution in [2.24, 2.45) is 5.10 Å². The first-order chi connectivity index (χ1) is 4.30. The third kappa shape index (κ3) is 1.28. The highest BCUT2D eigenvalue weighted by atomic mass is 16.7. The Morgan fingerprint density at radius 2 is 2.67 bits per heavy atom. The number of rotatable bonds is 1. The zero-order valence-electron chi connectivity index (χ0n) is 4.92. The maximum Gasteiger partial charge on any atom is 0.201 e. The standard InChI is InChI=1S/C5H6N2O2/c1-4(8)5-2-3-6-7-9-5/h2-3,7H,1H3. The Labute approximate surface area is 52.1 Å². The Kier molecular flexibility index (Phi) is 1.48. The maximum atomic E-state index is 10.5. The quantitative estimate of drug-likeness (QED) is 0.537. The number of hydrazone groups is 1. The topological polar surface area (TPSA) is 50.7 Å². The van der Waals surface area contributed by atoms with Crippen molar-refractivity contribution in [2.75, 3.05) is 0 Å². The number of carbonyl (C=O) groups is 1. The van der Waals surface area contributed by atoms with Crippen molar-refractivity contribution in [3.63, 3.8) is 0 Å². The molecule has 0 aliphatic carbocycles. The highest BCUT2D eigenvalue weighted by Gasteiger charge is 2.05. The molecule has 0 atom stereocenters. The van der Waals surface area contributed by atoms with Crippen LogP contribution in [0.3, 0.4) is 0 Å². The van der Waals surface area contributed by atoms with Gasteiger partial charge in [-0.3, -0.25) is 4.79 Å². The summed E-state index contributed by atoms with van der Waals surface area (Å²) < 4.78 is 0. The molecule has 1 N–H and O–H groups in total. The fourth-order valence-corrected chi connectivity index (χ4v) is 0.434. The Balaban J connectivity index is 2.68. The summed E-state index contributed by atoms with van der Waals surface area (Å²) in [5.74, 6) is 0.165. The molecule has 4 nitrogen and oxygen atoms in total. The Bertz CT molecular complexity index is 183. The number of nitrogens with zero attached hydrogens (tertiary/aromatic N) is 1. The molecule has 1 rings (SSSR count). The van der Waals surface area contributed by atoms with E-state index in [0.717, 1.165) is 0 Å². The molecule has 0 radical (unpaired) electrons. The highest BCUT2D eigenvalue weighted by molar-refractivity contribution is 5.95. The van der Waals surface area contributed by atoms with Gasteiger partial charge in [0, 0.05) is 13.0 Å². The van der Waals surface area contributed by atoms with Crippen LogP contribution < -0.4 is 5.59 Å². The van der Waals surface area contributed by atoms with E-state index in [1.54, 1.807) is 0 Å². The monoisotopic (exact) mass is 126 g/mol. The molecule has 0 aromatic rings. The van der Waals surface area contributed by atoms with Gasteiger partial charge in [0.25, 0.3) is 0 Å². The normalized spacial score (nSPS) is 15.4. The molecule has 0 aromatic carbocycles. The number of hydrogen-bond donors (Lipinski definition) is 1. The first kappa shape index (κ1) is 5.81. The molecule has 48 valence electrons. The van der Waals surface area contributed by atoms with E-state index < -0.39 is 0 Å². The number of ketones is 1. The minimum atomic E-state index is -0.117. The Morgan fingerprint density at radius 1 is 1.89 bits per heavy atom. The summed E-state index contributed by atoms with van der Waals surface area (Å²) in [5.41, 5.74) is 2.20. The van der Waals surface area contributed by atoms with Gasteiger partial charge in [0.1, 0.15) is 0 Å². The van der Waals surface area contributed by atoms with Crippen LogP contribution in [0.15, 0.2) is 16.9 Å². The minimum Gasteiger partial charge on any atom is -0.361 e. The third-order valence-electron chi connectivity index (χ3n) is 0.856. The summed E-state index contributed by atoms with van der Waals surface area (Å²) >= 11 is 0. The molecule has 1 aliphatic heterocycles. The smallest absolute Gasteiger partial charge is 0.201 e. The second-order valence-corrected chi connectivity index (χ2v) is 1.56. The predicted molar refractivity (Wildman–Crippen MR) is 31.5 cm³/mol. The van der Waals surface area contributed by atoms with Crippen molar-refractivity contribution >= 4 is 12.0 Å². The Hall–Kier alpha value is -1.32. The first-order valence-electron chi connectivity index (χ1n) is 2.47. The molecule has 0 aromatic heterocycles. The molecule has 4 heteroatoms. The van der Waals surface area contributed by atoms with Gasteiger partial charge in [0.15, 0.2) is 5.78 Å². The lowest BCUT2D eigenvalue weighted by Crippen LogP contribution is -2.15. The van der Waals surface area contributed by atoms with Crippen LogP contribution >= 0.6 is 0 Å². The van der Waals surface area contributed by atoms with Gasteiger partial charge in [-0.1, -0.05) is 0 Å². The number of hydrogen-bond acceptors (Lipinski definition) is 4. The molecule has 0 saturated heterocycles. The molecule has 1 aliphatic rings. The van der Waals surface area contributed by atoms with E-state index in [0.29, 0.717) is 0 Å². The lowest BCUT2D eigenvalue weighted by Gasteiger charge is -2.06. The van der Waals surface area contributed by atoms with Crippen LogP contribution in [0.25, 0.3) is 0 Å². The fourth-order valence-electron chi connectivity index (χ4n) is 0.434. The highest BCUT2D eigenvalue weighted by Crippen LogP contribution is 1.97. The van der Waals surface area contributed by atoms with Crippen LogP contribution in [0.5, 0.6) is 0 Å². The molecular weight excluding hydrogens is 120 g/mol. The van der Waals surface area contributed by atoms with Crippen LogP contribution in [-0.2, 0) is 9.63 Å². The summed E-state index contributed by atoms with van der Waals surface area (Å²) in [6.45, 7) is 1.42. The van der Waals surface area contributed by atoms with E-state index in [4.69, 9.17) is 0 Å². The zero-order chi connectivity index (χ0) is 6.69. The molecule has 0 bridgehead atoms. The van der Waals surface area contributed by atoms with E-state index in [1.807, 2.05) is 0 Å². The number of carbonyl (C=O) groups excluding carboxylic acids is 1. The summed E-state index contributed by atoms with van der Waals surface area (Å²) in [4.78, 5) is 15.1. The van der Waals surface area contributed by atoms with Crippen molar-refractivity contribution in [3.05, 3.63) is 11.8 Å². The van der Waals surface area contributed by atoms with Crippen LogP contribution in [-0.4, -0.2) is 12.0 Å². The predicted octanol–water partition coefficient (Wildman–Crippen LogP) is -0.0201. The molecule has 0 unspecified atom stereocenters. The average molecular weight is 126 g/mol. The molecule has 0 fully saturated rings. The lowest BCUT2D eigenvalue weighted by atomic mass is 10.3. The lowest BCUT2D eigenvalue weighted by molar-refractivity contribution is -0.118. The number of Topliss-reactive ketones (excluding diaryl/α,β-unsaturated/α-hetero) is 1. The third-order valence-corrected chi connectivity index (χ3v) is 0.856. The zero-order valence-corrected chi connectivity index (χ0v) is 4.92. The molecular formula is C5H6N2O2. The minimum absolute atomic E-state index is 0.117. The second kappa shape index (κ2) is 2.30. The number of allylic oxidation sites excluding steroid dienone is 2.